The zero-order chi connectivity index (χ0) is 14.7. The van der Waals surface area contributed by atoms with Crippen LogP contribution >= 0.6 is 11.6 Å². The van der Waals surface area contributed by atoms with E-state index in [1.807, 2.05) is 0 Å². The fraction of sp³-hybridized carbons (Fsp3) is 0.500. The van der Waals surface area contributed by atoms with E-state index in [1.165, 1.54) is 14.2 Å². The number of carbonyl (C=O) groups is 1. The first-order chi connectivity index (χ1) is 9.60. The fourth-order valence-electron chi connectivity index (χ4n) is 2.46. The summed E-state index contributed by atoms with van der Waals surface area (Å²) in [5, 5.41) is 9.65. The Morgan fingerprint density at radius 3 is 2.75 bits per heavy atom. The summed E-state index contributed by atoms with van der Waals surface area (Å²) in [6.07, 6.45) is 0.747. The van der Waals surface area contributed by atoms with Crippen molar-refractivity contribution in [3.05, 3.63) is 22.7 Å². The predicted molar refractivity (Wildman–Crippen MR) is 73.6 cm³/mol. The summed E-state index contributed by atoms with van der Waals surface area (Å²) in [4.78, 5) is 11.3. The molecule has 1 aliphatic rings. The molecule has 0 aliphatic carbocycles. The van der Waals surface area contributed by atoms with Crippen molar-refractivity contribution < 1.29 is 24.1 Å². The second-order valence-corrected chi connectivity index (χ2v) is 4.96. The normalized spacial score (nSPS) is 22.4. The van der Waals surface area contributed by atoms with Crippen LogP contribution in [-0.2, 0) is 9.53 Å². The van der Waals surface area contributed by atoms with Gasteiger partial charge in [-0.15, -0.1) is 0 Å². The van der Waals surface area contributed by atoms with Gasteiger partial charge in [-0.1, -0.05) is 17.7 Å². The van der Waals surface area contributed by atoms with Gasteiger partial charge in [-0.3, -0.25) is 4.79 Å². The van der Waals surface area contributed by atoms with E-state index < -0.39 is 18.0 Å². The number of aliphatic carboxylic acids is 1. The molecular weight excluding hydrogens is 284 g/mol. The number of ether oxygens (including phenoxy) is 3. The van der Waals surface area contributed by atoms with E-state index in [2.05, 4.69) is 0 Å². The number of carboxylic acid groups (broad SMARTS) is 1. The Balaban J connectivity index is 2.43. The van der Waals surface area contributed by atoms with Crippen LogP contribution in [0.25, 0.3) is 0 Å². The van der Waals surface area contributed by atoms with E-state index in [0.717, 1.165) is 6.42 Å². The van der Waals surface area contributed by atoms with Gasteiger partial charge in [0, 0.05) is 12.2 Å². The molecule has 1 saturated heterocycles. The van der Waals surface area contributed by atoms with Gasteiger partial charge in [0.15, 0.2) is 11.5 Å². The molecule has 0 amide bonds. The number of hydrogen-bond acceptors (Lipinski definition) is 4. The topological polar surface area (TPSA) is 65.0 Å². The summed E-state index contributed by atoms with van der Waals surface area (Å²) in [7, 11) is 3.01. The maximum absolute atomic E-state index is 11.3. The predicted octanol–water partition coefficient (Wildman–Crippen LogP) is 2.91. The molecule has 2 rings (SSSR count). The Morgan fingerprint density at radius 1 is 1.40 bits per heavy atom. The van der Waals surface area contributed by atoms with Crippen LogP contribution in [0.4, 0.5) is 0 Å². The van der Waals surface area contributed by atoms with Crippen LogP contribution in [0.3, 0.4) is 0 Å². The summed E-state index contributed by atoms with van der Waals surface area (Å²) in [5.74, 6) is -0.575. The van der Waals surface area contributed by atoms with Crippen molar-refractivity contribution >= 4 is 17.6 Å². The molecule has 0 saturated carbocycles. The Hall–Kier alpha value is -1.46. The Labute approximate surface area is 122 Å². The van der Waals surface area contributed by atoms with Crippen molar-refractivity contribution in [2.45, 2.75) is 18.9 Å². The zero-order valence-corrected chi connectivity index (χ0v) is 12.1. The third-order valence-corrected chi connectivity index (χ3v) is 3.85. The van der Waals surface area contributed by atoms with Crippen LogP contribution in [0, 0.1) is 5.92 Å². The minimum atomic E-state index is -0.874. The van der Waals surface area contributed by atoms with E-state index in [9.17, 15) is 9.90 Å². The lowest BCUT2D eigenvalue weighted by Crippen LogP contribution is -2.29. The third-order valence-electron chi connectivity index (χ3n) is 3.46. The molecule has 1 heterocycles. The quantitative estimate of drug-likeness (QED) is 0.926. The van der Waals surface area contributed by atoms with Gasteiger partial charge in [0.2, 0.25) is 0 Å². The molecule has 0 spiro atoms. The highest BCUT2D eigenvalue weighted by atomic mass is 35.5. The van der Waals surface area contributed by atoms with Gasteiger partial charge >= 0.3 is 5.97 Å². The molecule has 20 heavy (non-hydrogen) atoms. The van der Waals surface area contributed by atoms with Crippen LogP contribution < -0.4 is 9.47 Å². The van der Waals surface area contributed by atoms with Crippen molar-refractivity contribution in [1.82, 2.24) is 0 Å². The average Bonchev–Trinajstić information content (AvgIpc) is 2.46. The Morgan fingerprint density at radius 2 is 2.15 bits per heavy atom. The molecule has 1 aliphatic heterocycles. The molecule has 1 aromatic rings. The highest BCUT2D eigenvalue weighted by Crippen LogP contribution is 2.44. The van der Waals surface area contributed by atoms with Gasteiger partial charge in [-0.25, -0.2) is 0 Å². The van der Waals surface area contributed by atoms with Crippen molar-refractivity contribution in [1.29, 1.82) is 0 Å². The molecule has 0 aromatic heterocycles. The molecule has 2 atom stereocenters. The molecule has 0 bridgehead atoms. The Bertz CT molecular complexity index is 503. The number of hydrogen-bond donors (Lipinski definition) is 1. The van der Waals surface area contributed by atoms with Gasteiger partial charge in [0.1, 0.15) is 0 Å². The molecule has 2 unspecified atom stereocenters. The maximum atomic E-state index is 11.3. The van der Waals surface area contributed by atoms with Crippen LogP contribution in [0.5, 0.6) is 11.5 Å². The lowest BCUT2D eigenvalue weighted by Gasteiger charge is -2.30. The van der Waals surface area contributed by atoms with E-state index in [0.29, 0.717) is 35.1 Å². The summed E-state index contributed by atoms with van der Waals surface area (Å²) in [5.41, 5.74) is 0.622. The number of benzene rings is 1. The first-order valence-corrected chi connectivity index (χ1v) is 6.72. The van der Waals surface area contributed by atoms with E-state index in [-0.39, 0.29) is 0 Å². The van der Waals surface area contributed by atoms with Gasteiger partial charge in [0.05, 0.1) is 31.3 Å². The molecule has 6 heteroatoms. The number of rotatable bonds is 4. The second-order valence-electron chi connectivity index (χ2n) is 4.58. The standard InChI is InChI=1S/C14H17ClO5/c1-18-10-6-5-8(11(15)13(10)19-2)12-9(14(16)17)4-3-7-20-12/h5-6,9,12H,3-4,7H2,1-2H3,(H,16,17). The average molecular weight is 301 g/mol. The largest absolute Gasteiger partial charge is 0.493 e. The van der Waals surface area contributed by atoms with E-state index in [4.69, 9.17) is 25.8 Å². The lowest BCUT2D eigenvalue weighted by atomic mass is 9.89. The zero-order valence-electron chi connectivity index (χ0n) is 11.4. The van der Waals surface area contributed by atoms with Crippen LogP contribution in [0.1, 0.15) is 24.5 Å². The fourth-order valence-corrected chi connectivity index (χ4v) is 2.81. The first kappa shape index (κ1) is 14.9. The third kappa shape index (κ3) is 2.69. The molecule has 0 radical (unpaired) electrons. The number of carboxylic acids is 1. The van der Waals surface area contributed by atoms with E-state index in [1.54, 1.807) is 12.1 Å². The minimum Gasteiger partial charge on any atom is -0.493 e. The highest BCUT2D eigenvalue weighted by molar-refractivity contribution is 6.33. The van der Waals surface area contributed by atoms with Crippen LogP contribution in [-0.4, -0.2) is 31.9 Å². The Kier molecular flexibility index (Phi) is 4.73. The molecule has 1 N–H and O–H groups in total. The summed E-state index contributed by atoms with van der Waals surface area (Å²) >= 11 is 6.32. The van der Waals surface area contributed by atoms with Crippen LogP contribution in [0.2, 0.25) is 5.02 Å². The summed E-state index contributed by atoms with van der Waals surface area (Å²) in [6, 6.07) is 3.44. The van der Waals surface area contributed by atoms with Gasteiger partial charge in [-0.05, 0) is 18.9 Å². The van der Waals surface area contributed by atoms with Crippen molar-refractivity contribution in [3.8, 4) is 11.5 Å². The highest BCUT2D eigenvalue weighted by Gasteiger charge is 2.35. The molecule has 110 valence electrons. The molecule has 1 fully saturated rings. The monoisotopic (exact) mass is 300 g/mol. The lowest BCUT2D eigenvalue weighted by molar-refractivity contribution is -0.151. The van der Waals surface area contributed by atoms with Crippen molar-refractivity contribution in [2.75, 3.05) is 20.8 Å². The van der Waals surface area contributed by atoms with Gasteiger partial charge in [-0.2, -0.15) is 0 Å². The van der Waals surface area contributed by atoms with Crippen molar-refractivity contribution in [2.24, 2.45) is 5.92 Å². The first-order valence-electron chi connectivity index (χ1n) is 6.35. The molecule has 5 nitrogen and oxygen atoms in total. The molecule has 1 aromatic carbocycles. The van der Waals surface area contributed by atoms with Gasteiger partial charge in [0.25, 0.3) is 0 Å². The second kappa shape index (κ2) is 6.33. The SMILES string of the molecule is COc1ccc(C2OCCCC2C(=O)O)c(Cl)c1OC. The van der Waals surface area contributed by atoms with Crippen molar-refractivity contribution in [3.63, 3.8) is 0 Å². The smallest absolute Gasteiger partial charge is 0.309 e. The van der Waals surface area contributed by atoms with E-state index >= 15 is 0 Å². The number of halogens is 1. The molecular formula is C14H17ClO5. The minimum absolute atomic E-state index is 0.338. The maximum Gasteiger partial charge on any atom is 0.309 e. The number of methoxy groups -OCH3 is 2. The summed E-state index contributed by atoms with van der Waals surface area (Å²) < 4.78 is 16.0. The van der Waals surface area contributed by atoms with Crippen LogP contribution in [0.15, 0.2) is 12.1 Å². The van der Waals surface area contributed by atoms with Gasteiger partial charge < -0.3 is 19.3 Å². The summed E-state index contributed by atoms with van der Waals surface area (Å²) in [6.45, 7) is 0.527.